The van der Waals surface area contributed by atoms with Crippen molar-refractivity contribution < 1.29 is 13.9 Å². The number of Topliss-reactive ketones (excluding diaryl/α,β-unsaturated/α-hetero) is 1. The third-order valence-electron chi connectivity index (χ3n) is 1.70. The Hall–Kier alpha value is -0.420. The highest BCUT2D eigenvalue weighted by Gasteiger charge is 2.32. The minimum absolute atomic E-state index is 0.254. The Kier molecular flexibility index (Phi) is 2.15. The van der Waals surface area contributed by atoms with Crippen molar-refractivity contribution in [2.45, 2.75) is 5.01 Å². The lowest BCUT2D eigenvalue weighted by molar-refractivity contribution is 0.0941. The SMILES string of the molecule is O=C1c2cc(F)cc(Br)c2O[C@H]1Br. The first-order valence-corrected chi connectivity index (χ1v) is 5.14. The van der Waals surface area contributed by atoms with Crippen LogP contribution in [0.1, 0.15) is 10.4 Å². The van der Waals surface area contributed by atoms with Crippen LogP contribution in [-0.2, 0) is 0 Å². The second-order valence-corrected chi connectivity index (χ2v) is 4.25. The average molecular weight is 310 g/mol. The fourth-order valence-electron chi connectivity index (χ4n) is 1.14. The number of hydrogen-bond donors (Lipinski definition) is 0. The molecule has 0 spiro atoms. The molecule has 0 radical (unpaired) electrons. The summed E-state index contributed by atoms with van der Waals surface area (Å²) in [5.74, 6) is -0.312. The van der Waals surface area contributed by atoms with Crippen LogP contribution in [0, 0.1) is 5.82 Å². The van der Waals surface area contributed by atoms with Gasteiger partial charge in [0.1, 0.15) is 11.6 Å². The maximum Gasteiger partial charge on any atom is 0.218 e. The van der Waals surface area contributed by atoms with E-state index in [4.69, 9.17) is 4.74 Å². The molecule has 0 amide bonds. The summed E-state index contributed by atoms with van der Waals surface area (Å²) < 4.78 is 18.5. The number of rotatable bonds is 0. The predicted molar refractivity (Wildman–Crippen MR) is 51.8 cm³/mol. The van der Waals surface area contributed by atoms with Gasteiger partial charge in [-0.2, -0.15) is 0 Å². The summed E-state index contributed by atoms with van der Waals surface area (Å²) in [5, 5.41) is -0.694. The predicted octanol–water partition coefficient (Wildman–Crippen LogP) is 2.88. The maximum absolute atomic E-state index is 12.9. The molecule has 0 saturated carbocycles. The largest absolute Gasteiger partial charge is 0.469 e. The zero-order chi connectivity index (χ0) is 9.59. The van der Waals surface area contributed by atoms with Crippen LogP contribution >= 0.6 is 31.9 Å². The fourth-order valence-corrected chi connectivity index (χ4v) is 2.10. The van der Waals surface area contributed by atoms with Gasteiger partial charge in [0.25, 0.3) is 0 Å². The van der Waals surface area contributed by atoms with E-state index in [-0.39, 0.29) is 11.3 Å². The highest BCUT2D eigenvalue weighted by Crippen LogP contribution is 2.38. The summed E-state index contributed by atoms with van der Waals surface area (Å²) in [7, 11) is 0. The lowest BCUT2D eigenvalue weighted by Gasteiger charge is -2.01. The molecule has 1 aliphatic rings. The van der Waals surface area contributed by atoms with Gasteiger partial charge < -0.3 is 4.74 Å². The van der Waals surface area contributed by atoms with Crippen molar-refractivity contribution in [2.24, 2.45) is 0 Å². The molecule has 0 saturated heterocycles. The second kappa shape index (κ2) is 3.06. The number of halogens is 3. The van der Waals surface area contributed by atoms with E-state index in [1.807, 2.05) is 0 Å². The monoisotopic (exact) mass is 308 g/mol. The second-order valence-electron chi connectivity index (χ2n) is 2.56. The van der Waals surface area contributed by atoms with Gasteiger partial charge in [0.05, 0.1) is 10.0 Å². The molecule has 0 aromatic heterocycles. The average Bonchev–Trinajstić information content (AvgIpc) is 2.32. The molecule has 13 heavy (non-hydrogen) atoms. The van der Waals surface area contributed by atoms with E-state index in [0.717, 1.165) is 0 Å². The van der Waals surface area contributed by atoms with E-state index in [1.165, 1.54) is 12.1 Å². The van der Waals surface area contributed by atoms with Crippen LogP contribution in [0.3, 0.4) is 0 Å². The summed E-state index contributed by atoms with van der Waals surface area (Å²) >= 11 is 6.14. The van der Waals surface area contributed by atoms with E-state index in [1.54, 1.807) is 0 Å². The molecule has 2 nitrogen and oxygen atoms in total. The van der Waals surface area contributed by atoms with Crippen molar-refractivity contribution in [1.82, 2.24) is 0 Å². The molecule has 2 rings (SSSR count). The zero-order valence-corrected chi connectivity index (χ0v) is 9.35. The Balaban J connectivity index is 2.64. The Bertz CT molecular complexity index is 392. The topological polar surface area (TPSA) is 26.3 Å². The fraction of sp³-hybridized carbons (Fsp3) is 0.125. The van der Waals surface area contributed by atoms with E-state index >= 15 is 0 Å². The summed E-state index contributed by atoms with van der Waals surface area (Å²) in [6.07, 6.45) is 0. The van der Waals surface area contributed by atoms with Crippen LogP contribution < -0.4 is 4.74 Å². The van der Waals surface area contributed by atoms with Crippen LogP contribution in [0.15, 0.2) is 16.6 Å². The molecule has 0 N–H and O–H groups in total. The van der Waals surface area contributed by atoms with Gasteiger partial charge >= 0.3 is 0 Å². The molecular weight excluding hydrogens is 307 g/mol. The molecule has 1 aromatic carbocycles. The third-order valence-corrected chi connectivity index (χ3v) is 2.89. The van der Waals surface area contributed by atoms with Crippen molar-refractivity contribution in [3.8, 4) is 5.75 Å². The van der Waals surface area contributed by atoms with Crippen molar-refractivity contribution in [1.29, 1.82) is 0 Å². The zero-order valence-electron chi connectivity index (χ0n) is 6.18. The number of fused-ring (bicyclic) bond motifs is 1. The molecule has 1 atom stereocenters. The van der Waals surface area contributed by atoms with E-state index in [2.05, 4.69) is 31.9 Å². The molecule has 1 aromatic rings. The first-order valence-electron chi connectivity index (χ1n) is 3.43. The molecule has 5 heteroatoms. The first kappa shape index (κ1) is 9.15. The van der Waals surface area contributed by atoms with Gasteiger partial charge in [0.15, 0.2) is 0 Å². The molecule has 0 fully saturated rings. The lowest BCUT2D eigenvalue weighted by Crippen LogP contribution is -2.10. The minimum atomic E-state index is -0.694. The van der Waals surface area contributed by atoms with Gasteiger partial charge in [-0.3, -0.25) is 4.79 Å². The van der Waals surface area contributed by atoms with Gasteiger partial charge in [0.2, 0.25) is 10.8 Å². The maximum atomic E-state index is 12.9. The number of ether oxygens (including phenoxy) is 1. The molecule has 68 valence electrons. The molecule has 1 aliphatic heterocycles. The Morgan fingerprint density at radius 3 is 2.85 bits per heavy atom. The Labute approximate surface area is 90.3 Å². The number of benzene rings is 1. The van der Waals surface area contributed by atoms with Gasteiger partial charge in [-0.15, -0.1) is 0 Å². The molecule has 1 heterocycles. The molecular formula is C8H3Br2FO2. The number of alkyl halides is 1. The molecule has 0 unspecified atom stereocenters. The quantitative estimate of drug-likeness (QED) is 0.689. The van der Waals surface area contributed by atoms with Crippen molar-refractivity contribution in [3.63, 3.8) is 0 Å². The minimum Gasteiger partial charge on any atom is -0.469 e. The number of carbonyl (C=O) groups is 1. The summed E-state index contributed by atoms with van der Waals surface area (Å²) in [5.41, 5.74) is 0.272. The van der Waals surface area contributed by atoms with Crippen LogP contribution in [-0.4, -0.2) is 10.8 Å². The van der Waals surface area contributed by atoms with Crippen LogP contribution in [0.2, 0.25) is 0 Å². The lowest BCUT2D eigenvalue weighted by atomic mass is 10.1. The highest BCUT2D eigenvalue weighted by atomic mass is 79.9. The Morgan fingerprint density at radius 2 is 2.15 bits per heavy atom. The number of hydrogen-bond acceptors (Lipinski definition) is 2. The third kappa shape index (κ3) is 1.40. The standard InChI is InChI=1S/C8H3Br2FO2/c9-5-2-3(11)1-4-6(12)8(10)13-7(4)5/h1-2,8H/t8-/m1/s1. The van der Waals surface area contributed by atoms with Crippen LogP contribution in [0.5, 0.6) is 5.75 Å². The van der Waals surface area contributed by atoms with Gasteiger partial charge in [-0.25, -0.2) is 4.39 Å². The van der Waals surface area contributed by atoms with Gasteiger partial charge in [-0.1, -0.05) is 0 Å². The summed E-state index contributed by atoms with van der Waals surface area (Å²) in [4.78, 5) is 11.3. The van der Waals surface area contributed by atoms with E-state index < -0.39 is 10.8 Å². The number of ketones is 1. The smallest absolute Gasteiger partial charge is 0.218 e. The normalized spacial score (nSPS) is 19.9. The van der Waals surface area contributed by atoms with Gasteiger partial charge in [0, 0.05) is 0 Å². The van der Waals surface area contributed by atoms with Crippen molar-refractivity contribution in [3.05, 3.63) is 28.0 Å². The molecule has 0 aliphatic carbocycles. The summed E-state index contributed by atoms with van der Waals surface area (Å²) in [6.45, 7) is 0. The van der Waals surface area contributed by atoms with Crippen LogP contribution in [0.25, 0.3) is 0 Å². The van der Waals surface area contributed by atoms with Crippen molar-refractivity contribution in [2.75, 3.05) is 0 Å². The van der Waals surface area contributed by atoms with Gasteiger partial charge in [-0.05, 0) is 44.0 Å². The summed E-state index contributed by atoms with van der Waals surface area (Å²) in [6, 6.07) is 2.43. The molecule has 0 bridgehead atoms. The van der Waals surface area contributed by atoms with E-state index in [0.29, 0.717) is 10.2 Å². The number of carbonyl (C=O) groups excluding carboxylic acids is 1. The van der Waals surface area contributed by atoms with E-state index in [9.17, 15) is 9.18 Å². The van der Waals surface area contributed by atoms with Crippen LogP contribution in [0.4, 0.5) is 4.39 Å². The van der Waals surface area contributed by atoms with Crippen molar-refractivity contribution >= 4 is 37.6 Å². The highest BCUT2D eigenvalue weighted by molar-refractivity contribution is 9.10. The Morgan fingerprint density at radius 1 is 1.46 bits per heavy atom. The first-order chi connectivity index (χ1) is 6.09.